The number of hydrogen-bond acceptors (Lipinski definition) is 3. The van der Waals surface area contributed by atoms with Crippen molar-refractivity contribution in [3.8, 4) is 0 Å². The van der Waals surface area contributed by atoms with Crippen LogP contribution >= 0.6 is 0 Å². The van der Waals surface area contributed by atoms with Crippen LogP contribution in [0, 0.1) is 5.92 Å². The van der Waals surface area contributed by atoms with E-state index in [4.69, 9.17) is 4.74 Å². The first-order chi connectivity index (χ1) is 8.16. The Labute approximate surface area is 106 Å². The van der Waals surface area contributed by atoms with Gasteiger partial charge in [-0.15, -0.1) is 0 Å². The van der Waals surface area contributed by atoms with Gasteiger partial charge in [-0.2, -0.15) is 0 Å². The van der Waals surface area contributed by atoms with Crippen molar-refractivity contribution in [3.05, 3.63) is 0 Å². The number of hydrogen-bond donors (Lipinski definition) is 1. The normalized spacial score (nSPS) is 37.9. The second kappa shape index (κ2) is 6.17. The SMILES string of the molecule is CC1CCN(C(C)CC2COCCN2)C(C)C1. The van der Waals surface area contributed by atoms with Crippen LogP contribution in [0.25, 0.3) is 0 Å². The minimum absolute atomic E-state index is 0.560. The van der Waals surface area contributed by atoms with Gasteiger partial charge in [-0.1, -0.05) is 6.92 Å². The van der Waals surface area contributed by atoms with E-state index in [9.17, 15) is 0 Å². The summed E-state index contributed by atoms with van der Waals surface area (Å²) >= 11 is 0. The number of nitrogens with one attached hydrogen (secondary N) is 1. The van der Waals surface area contributed by atoms with Crippen LogP contribution in [0.15, 0.2) is 0 Å². The summed E-state index contributed by atoms with van der Waals surface area (Å²) in [5, 5.41) is 3.56. The molecule has 0 aliphatic carbocycles. The molecule has 3 heteroatoms. The Morgan fingerprint density at radius 3 is 2.88 bits per heavy atom. The van der Waals surface area contributed by atoms with E-state index in [0.29, 0.717) is 12.1 Å². The van der Waals surface area contributed by atoms with Gasteiger partial charge in [0.05, 0.1) is 13.2 Å². The summed E-state index contributed by atoms with van der Waals surface area (Å²) in [5.41, 5.74) is 0. The van der Waals surface area contributed by atoms with Gasteiger partial charge < -0.3 is 10.1 Å². The standard InChI is InChI=1S/C14H28N2O/c1-11-4-6-16(12(2)8-11)13(3)9-14-10-17-7-5-15-14/h11-15H,4-10H2,1-3H3. The monoisotopic (exact) mass is 240 g/mol. The molecule has 2 rings (SSSR count). The molecule has 0 spiro atoms. The maximum atomic E-state index is 5.53. The fourth-order valence-corrected chi connectivity index (χ4v) is 3.40. The molecule has 2 fully saturated rings. The number of piperidine rings is 1. The summed E-state index contributed by atoms with van der Waals surface area (Å²) < 4.78 is 5.53. The third kappa shape index (κ3) is 3.67. The van der Waals surface area contributed by atoms with Crippen LogP contribution in [0.4, 0.5) is 0 Å². The van der Waals surface area contributed by atoms with Crippen molar-refractivity contribution in [1.82, 2.24) is 10.2 Å². The van der Waals surface area contributed by atoms with E-state index in [-0.39, 0.29) is 0 Å². The van der Waals surface area contributed by atoms with Gasteiger partial charge in [0.15, 0.2) is 0 Å². The minimum Gasteiger partial charge on any atom is -0.379 e. The van der Waals surface area contributed by atoms with Crippen molar-refractivity contribution in [1.29, 1.82) is 0 Å². The average Bonchev–Trinajstić information content (AvgIpc) is 2.30. The fourth-order valence-electron chi connectivity index (χ4n) is 3.40. The summed E-state index contributed by atoms with van der Waals surface area (Å²) in [5.74, 6) is 0.907. The first-order valence-electron chi connectivity index (χ1n) is 7.23. The Bertz CT molecular complexity index is 228. The maximum Gasteiger partial charge on any atom is 0.0620 e. The van der Waals surface area contributed by atoms with E-state index in [1.807, 2.05) is 0 Å². The number of rotatable bonds is 3. The zero-order valence-electron chi connectivity index (χ0n) is 11.6. The van der Waals surface area contributed by atoms with Crippen LogP contribution < -0.4 is 5.32 Å². The molecule has 0 aromatic rings. The average molecular weight is 240 g/mol. The van der Waals surface area contributed by atoms with E-state index in [0.717, 1.165) is 31.7 Å². The molecular formula is C14H28N2O. The number of morpholine rings is 1. The Morgan fingerprint density at radius 2 is 2.24 bits per heavy atom. The van der Waals surface area contributed by atoms with E-state index in [1.165, 1.54) is 25.8 Å². The molecule has 0 aromatic heterocycles. The molecule has 0 aromatic carbocycles. The van der Waals surface area contributed by atoms with Gasteiger partial charge in [0.2, 0.25) is 0 Å². The van der Waals surface area contributed by atoms with Crippen molar-refractivity contribution in [2.75, 3.05) is 26.3 Å². The van der Waals surface area contributed by atoms with E-state index < -0.39 is 0 Å². The molecule has 0 bridgehead atoms. The Balaban J connectivity index is 1.80. The van der Waals surface area contributed by atoms with Crippen LogP contribution in [-0.2, 0) is 4.74 Å². The van der Waals surface area contributed by atoms with Crippen LogP contribution in [-0.4, -0.2) is 49.3 Å². The largest absolute Gasteiger partial charge is 0.379 e. The van der Waals surface area contributed by atoms with E-state index in [1.54, 1.807) is 0 Å². The number of nitrogens with zero attached hydrogens (tertiary/aromatic N) is 1. The highest BCUT2D eigenvalue weighted by Gasteiger charge is 2.28. The van der Waals surface area contributed by atoms with E-state index >= 15 is 0 Å². The summed E-state index contributed by atoms with van der Waals surface area (Å²) in [6, 6.07) is 1.99. The molecule has 0 radical (unpaired) electrons. The van der Waals surface area contributed by atoms with Crippen LogP contribution in [0.3, 0.4) is 0 Å². The van der Waals surface area contributed by atoms with Crippen molar-refractivity contribution >= 4 is 0 Å². The Kier molecular flexibility index (Phi) is 4.83. The molecule has 17 heavy (non-hydrogen) atoms. The van der Waals surface area contributed by atoms with Gasteiger partial charge in [-0.05, 0) is 45.6 Å². The third-order valence-electron chi connectivity index (χ3n) is 4.38. The molecule has 0 amide bonds. The predicted octanol–water partition coefficient (Wildman–Crippen LogP) is 1.87. The smallest absolute Gasteiger partial charge is 0.0620 e. The lowest BCUT2D eigenvalue weighted by atomic mass is 9.91. The highest BCUT2D eigenvalue weighted by Crippen LogP contribution is 2.25. The zero-order chi connectivity index (χ0) is 12.3. The molecule has 2 saturated heterocycles. The van der Waals surface area contributed by atoms with Crippen LogP contribution in [0.1, 0.15) is 40.0 Å². The Morgan fingerprint density at radius 1 is 1.41 bits per heavy atom. The zero-order valence-corrected chi connectivity index (χ0v) is 11.6. The van der Waals surface area contributed by atoms with E-state index in [2.05, 4.69) is 31.0 Å². The van der Waals surface area contributed by atoms with Crippen molar-refractivity contribution in [2.24, 2.45) is 5.92 Å². The van der Waals surface area contributed by atoms with Crippen LogP contribution in [0.5, 0.6) is 0 Å². The molecule has 4 atom stereocenters. The Hall–Kier alpha value is -0.120. The molecule has 4 unspecified atom stereocenters. The molecule has 2 aliphatic rings. The summed E-state index contributed by atoms with van der Waals surface area (Å²) in [6.07, 6.45) is 3.95. The maximum absolute atomic E-state index is 5.53. The topological polar surface area (TPSA) is 24.5 Å². The summed E-state index contributed by atoms with van der Waals surface area (Å²) in [6.45, 7) is 11.2. The third-order valence-corrected chi connectivity index (χ3v) is 4.38. The fraction of sp³-hybridized carbons (Fsp3) is 1.00. The van der Waals surface area contributed by atoms with Gasteiger partial charge in [0, 0.05) is 24.7 Å². The molecule has 3 nitrogen and oxygen atoms in total. The van der Waals surface area contributed by atoms with Crippen molar-refractivity contribution in [2.45, 2.75) is 58.2 Å². The first-order valence-corrected chi connectivity index (χ1v) is 7.23. The highest BCUT2D eigenvalue weighted by atomic mass is 16.5. The molecule has 1 N–H and O–H groups in total. The highest BCUT2D eigenvalue weighted by molar-refractivity contribution is 4.84. The van der Waals surface area contributed by atoms with Gasteiger partial charge >= 0.3 is 0 Å². The lowest BCUT2D eigenvalue weighted by Gasteiger charge is -2.42. The second-order valence-corrected chi connectivity index (χ2v) is 6.03. The molecule has 2 aliphatic heterocycles. The molecule has 2 heterocycles. The predicted molar refractivity (Wildman–Crippen MR) is 71.3 cm³/mol. The number of ether oxygens (including phenoxy) is 1. The molecular weight excluding hydrogens is 212 g/mol. The molecule has 100 valence electrons. The van der Waals surface area contributed by atoms with Gasteiger partial charge in [0.25, 0.3) is 0 Å². The lowest BCUT2D eigenvalue weighted by molar-refractivity contribution is 0.0431. The summed E-state index contributed by atoms with van der Waals surface area (Å²) in [7, 11) is 0. The van der Waals surface area contributed by atoms with Crippen molar-refractivity contribution < 1.29 is 4.74 Å². The number of likely N-dealkylation sites (tertiary alicyclic amines) is 1. The minimum atomic E-state index is 0.560. The van der Waals surface area contributed by atoms with Crippen LogP contribution in [0.2, 0.25) is 0 Å². The summed E-state index contributed by atoms with van der Waals surface area (Å²) in [4.78, 5) is 2.69. The van der Waals surface area contributed by atoms with Gasteiger partial charge in [-0.25, -0.2) is 0 Å². The quantitative estimate of drug-likeness (QED) is 0.815. The van der Waals surface area contributed by atoms with Gasteiger partial charge in [-0.3, -0.25) is 4.90 Å². The first kappa shape index (κ1) is 13.3. The van der Waals surface area contributed by atoms with Crippen molar-refractivity contribution in [3.63, 3.8) is 0 Å². The lowest BCUT2D eigenvalue weighted by Crippen LogP contribution is -2.50. The second-order valence-electron chi connectivity index (χ2n) is 6.03. The molecule has 0 saturated carbocycles. The van der Waals surface area contributed by atoms with Gasteiger partial charge in [0.1, 0.15) is 0 Å².